The Bertz CT molecular complexity index is 481. The Morgan fingerprint density at radius 1 is 1.21 bits per heavy atom. The number of ether oxygens (including phenoxy) is 1. The molecule has 102 valence electrons. The quantitative estimate of drug-likeness (QED) is 0.818. The summed E-state index contributed by atoms with van der Waals surface area (Å²) in [6.07, 6.45) is 0.986. The number of nitrogens with one attached hydrogen (secondary N) is 1. The van der Waals surface area contributed by atoms with Crippen LogP contribution in [-0.2, 0) is 0 Å². The van der Waals surface area contributed by atoms with E-state index < -0.39 is 0 Å². The molecule has 0 fully saturated rings. The zero-order valence-corrected chi connectivity index (χ0v) is 12.4. The molecule has 19 heavy (non-hydrogen) atoms. The fourth-order valence-electron chi connectivity index (χ4n) is 2.18. The summed E-state index contributed by atoms with van der Waals surface area (Å²) in [7, 11) is 0. The molecule has 1 atom stereocenters. The van der Waals surface area contributed by atoms with Crippen LogP contribution in [0, 0.1) is 6.92 Å². The third kappa shape index (κ3) is 4.08. The van der Waals surface area contributed by atoms with E-state index in [-0.39, 0.29) is 0 Å². The third-order valence-electron chi connectivity index (χ3n) is 3.14. The lowest BCUT2D eigenvalue weighted by Gasteiger charge is -2.18. The van der Waals surface area contributed by atoms with Gasteiger partial charge in [0.05, 0.1) is 6.61 Å². The van der Waals surface area contributed by atoms with Crippen molar-refractivity contribution < 1.29 is 4.74 Å². The van der Waals surface area contributed by atoms with Crippen molar-refractivity contribution in [3.8, 4) is 5.75 Å². The normalized spacial score (nSPS) is 12.3. The number of aryl methyl sites for hydroxylation is 1. The number of para-hydroxylation sites is 1. The Labute approximate surface area is 119 Å². The van der Waals surface area contributed by atoms with Gasteiger partial charge in [-0.2, -0.15) is 0 Å². The van der Waals surface area contributed by atoms with E-state index in [1.54, 1.807) is 0 Å². The standard InChI is InChI=1S/C16H21NOS/c1-3-17-16(15-10-12-19-13(15)2)9-11-18-14-7-5-4-6-8-14/h4-8,10,12,16-17H,3,9,11H2,1-2H3. The van der Waals surface area contributed by atoms with Crippen LogP contribution in [0.5, 0.6) is 5.75 Å². The van der Waals surface area contributed by atoms with E-state index >= 15 is 0 Å². The Balaban J connectivity index is 1.89. The lowest BCUT2D eigenvalue weighted by atomic mass is 10.1. The van der Waals surface area contributed by atoms with Gasteiger partial charge in [-0.25, -0.2) is 0 Å². The summed E-state index contributed by atoms with van der Waals surface area (Å²) in [4.78, 5) is 1.39. The second kappa shape index (κ2) is 7.31. The van der Waals surface area contributed by atoms with Gasteiger partial charge in [-0.05, 0) is 42.6 Å². The molecule has 1 N–H and O–H groups in total. The smallest absolute Gasteiger partial charge is 0.119 e. The van der Waals surface area contributed by atoms with Gasteiger partial charge in [0, 0.05) is 17.3 Å². The molecular weight excluding hydrogens is 254 g/mol. The average Bonchev–Trinajstić information content (AvgIpc) is 2.85. The van der Waals surface area contributed by atoms with Gasteiger partial charge in [0.1, 0.15) is 5.75 Å². The zero-order valence-electron chi connectivity index (χ0n) is 11.6. The lowest BCUT2D eigenvalue weighted by molar-refractivity contribution is 0.287. The summed E-state index contributed by atoms with van der Waals surface area (Å²) in [5, 5.41) is 5.70. The largest absolute Gasteiger partial charge is 0.494 e. The predicted molar refractivity (Wildman–Crippen MR) is 82.0 cm³/mol. The molecule has 1 aromatic heterocycles. The summed E-state index contributed by atoms with van der Waals surface area (Å²) >= 11 is 1.81. The summed E-state index contributed by atoms with van der Waals surface area (Å²) in [5.74, 6) is 0.944. The Hall–Kier alpha value is -1.32. The SMILES string of the molecule is CCNC(CCOc1ccccc1)c1ccsc1C. The molecule has 2 rings (SSSR count). The van der Waals surface area contributed by atoms with Crippen LogP contribution in [0.3, 0.4) is 0 Å². The summed E-state index contributed by atoms with van der Waals surface area (Å²) in [6, 6.07) is 12.6. The van der Waals surface area contributed by atoms with Gasteiger partial charge < -0.3 is 10.1 Å². The predicted octanol–water partition coefficient (Wildman–Crippen LogP) is 4.18. The maximum atomic E-state index is 5.78. The van der Waals surface area contributed by atoms with Crippen molar-refractivity contribution in [2.75, 3.05) is 13.2 Å². The molecule has 1 unspecified atom stereocenters. The number of hydrogen-bond acceptors (Lipinski definition) is 3. The van der Waals surface area contributed by atoms with Crippen LogP contribution in [-0.4, -0.2) is 13.2 Å². The number of hydrogen-bond donors (Lipinski definition) is 1. The van der Waals surface area contributed by atoms with E-state index in [9.17, 15) is 0 Å². The van der Waals surface area contributed by atoms with Gasteiger partial charge in [-0.15, -0.1) is 11.3 Å². The van der Waals surface area contributed by atoms with Gasteiger partial charge in [0.15, 0.2) is 0 Å². The molecular formula is C16H21NOS. The molecule has 0 saturated carbocycles. The minimum absolute atomic E-state index is 0.389. The van der Waals surface area contributed by atoms with Crippen LogP contribution in [0.15, 0.2) is 41.8 Å². The van der Waals surface area contributed by atoms with Crippen molar-refractivity contribution in [2.24, 2.45) is 0 Å². The first kappa shape index (κ1) is 14.1. The van der Waals surface area contributed by atoms with Crippen LogP contribution in [0.1, 0.15) is 29.8 Å². The first-order valence-corrected chi connectivity index (χ1v) is 7.64. The van der Waals surface area contributed by atoms with Gasteiger partial charge in [-0.1, -0.05) is 25.1 Å². The van der Waals surface area contributed by atoms with Crippen LogP contribution >= 0.6 is 11.3 Å². The molecule has 3 heteroatoms. The molecule has 2 nitrogen and oxygen atoms in total. The van der Waals surface area contributed by atoms with Gasteiger partial charge in [0.25, 0.3) is 0 Å². The van der Waals surface area contributed by atoms with Crippen molar-refractivity contribution in [2.45, 2.75) is 26.3 Å². The molecule has 0 spiro atoms. The third-order valence-corrected chi connectivity index (χ3v) is 4.00. The summed E-state index contributed by atoms with van der Waals surface area (Å²) < 4.78 is 5.78. The van der Waals surface area contributed by atoms with Crippen molar-refractivity contribution >= 4 is 11.3 Å². The van der Waals surface area contributed by atoms with Crippen molar-refractivity contribution in [3.05, 3.63) is 52.2 Å². The van der Waals surface area contributed by atoms with E-state index in [0.29, 0.717) is 6.04 Å². The second-order valence-electron chi connectivity index (χ2n) is 4.49. The van der Waals surface area contributed by atoms with Gasteiger partial charge in [-0.3, -0.25) is 0 Å². The van der Waals surface area contributed by atoms with Crippen molar-refractivity contribution in [3.63, 3.8) is 0 Å². The highest BCUT2D eigenvalue weighted by Gasteiger charge is 2.13. The molecule has 0 amide bonds. The van der Waals surface area contributed by atoms with Crippen molar-refractivity contribution in [1.82, 2.24) is 5.32 Å². The minimum atomic E-state index is 0.389. The fourth-order valence-corrected chi connectivity index (χ4v) is 2.95. The molecule has 1 aromatic carbocycles. The second-order valence-corrected chi connectivity index (χ2v) is 5.61. The van der Waals surface area contributed by atoms with E-state index in [1.807, 2.05) is 41.7 Å². The molecule has 0 aliphatic carbocycles. The average molecular weight is 275 g/mol. The van der Waals surface area contributed by atoms with Crippen LogP contribution < -0.4 is 10.1 Å². The minimum Gasteiger partial charge on any atom is -0.494 e. The van der Waals surface area contributed by atoms with Crippen LogP contribution in [0.4, 0.5) is 0 Å². The molecule has 0 radical (unpaired) electrons. The van der Waals surface area contributed by atoms with Crippen LogP contribution in [0.25, 0.3) is 0 Å². The molecule has 0 aliphatic rings. The molecule has 0 bridgehead atoms. The highest BCUT2D eigenvalue weighted by Crippen LogP contribution is 2.25. The van der Waals surface area contributed by atoms with Crippen LogP contribution in [0.2, 0.25) is 0 Å². The zero-order chi connectivity index (χ0) is 13.5. The number of rotatable bonds is 7. The maximum absolute atomic E-state index is 5.78. The van der Waals surface area contributed by atoms with E-state index in [4.69, 9.17) is 4.74 Å². The summed E-state index contributed by atoms with van der Waals surface area (Å²) in [6.45, 7) is 6.04. The number of thiophene rings is 1. The lowest BCUT2D eigenvalue weighted by Crippen LogP contribution is -2.23. The monoisotopic (exact) mass is 275 g/mol. The first-order chi connectivity index (χ1) is 9.31. The van der Waals surface area contributed by atoms with Gasteiger partial charge >= 0.3 is 0 Å². The Morgan fingerprint density at radius 2 is 2.00 bits per heavy atom. The molecule has 1 heterocycles. The highest BCUT2D eigenvalue weighted by molar-refractivity contribution is 7.10. The van der Waals surface area contributed by atoms with Crippen molar-refractivity contribution in [1.29, 1.82) is 0 Å². The van der Waals surface area contributed by atoms with Gasteiger partial charge in [0.2, 0.25) is 0 Å². The van der Waals surface area contributed by atoms with E-state index in [0.717, 1.165) is 25.3 Å². The first-order valence-electron chi connectivity index (χ1n) is 6.76. The Morgan fingerprint density at radius 3 is 2.63 bits per heavy atom. The Kier molecular flexibility index (Phi) is 5.43. The fraction of sp³-hybridized carbons (Fsp3) is 0.375. The van der Waals surface area contributed by atoms with E-state index in [1.165, 1.54) is 10.4 Å². The molecule has 2 aromatic rings. The van der Waals surface area contributed by atoms with E-state index in [2.05, 4.69) is 30.6 Å². The number of benzene rings is 1. The topological polar surface area (TPSA) is 21.3 Å². The maximum Gasteiger partial charge on any atom is 0.119 e. The molecule has 0 saturated heterocycles. The summed E-state index contributed by atoms with van der Waals surface area (Å²) in [5.41, 5.74) is 1.41. The molecule has 0 aliphatic heterocycles. The highest BCUT2D eigenvalue weighted by atomic mass is 32.1.